The van der Waals surface area contributed by atoms with Gasteiger partial charge in [0, 0.05) is 19.1 Å². The van der Waals surface area contributed by atoms with Gasteiger partial charge in [0.25, 0.3) is 5.91 Å². The molecule has 1 aliphatic heterocycles. The lowest BCUT2D eigenvalue weighted by molar-refractivity contribution is 0.0789. The number of aromatic nitrogens is 2. The Morgan fingerprint density at radius 1 is 1.32 bits per heavy atom. The number of carbonyl (C=O) groups excluding carboxylic acids is 1. The Morgan fingerprint density at radius 3 is 2.64 bits per heavy atom. The van der Waals surface area contributed by atoms with Gasteiger partial charge >= 0.3 is 0 Å². The van der Waals surface area contributed by atoms with Crippen molar-refractivity contribution in [3.63, 3.8) is 0 Å². The highest BCUT2D eigenvalue weighted by molar-refractivity contribution is 5.95. The Kier molecular flexibility index (Phi) is 3.98. The number of hydrogen-bond donors (Lipinski definition) is 1. The second-order valence-corrected chi connectivity index (χ2v) is 6.15. The molecule has 1 aliphatic rings. The predicted octanol–water partition coefficient (Wildman–Crippen LogP) is 2.17. The quantitative estimate of drug-likeness (QED) is 0.944. The van der Waals surface area contributed by atoms with Crippen molar-refractivity contribution < 1.29 is 4.79 Å². The van der Waals surface area contributed by atoms with Crippen molar-refractivity contribution in [2.75, 3.05) is 13.1 Å². The van der Waals surface area contributed by atoms with Crippen molar-refractivity contribution in [2.24, 2.45) is 5.73 Å². The standard InChI is InChI=1S/C17H22N4O/c1-12(2)16-15(17(22)20-9-8-13(18)11-20)10-19-21(16)14-6-4-3-5-7-14/h3-7,10,12-13H,8-9,11,18H2,1-2H3/t13-/m1/s1. The smallest absolute Gasteiger partial charge is 0.257 e. The molecule has 1 saturated heterocycles. The van der Waals surface area contributed by atoms with Crippen LogP contribution in [0.5, 0.6) is 0 Å². The van der Waals surface area contributed by atoms with E-state index in [0.29, 0.717) is 12.1 Å². The van der Waals surface area contributed by atoms with E-state index < -0.39 is 0 Å². The highest BCUT2D eigenvalue weighted by Crippen LogP contribution is 2.25. The topological polar surface area (TPSA) is 64.2 Å². The van der Waals surface area contributed by atoms with Gasteiger partial charge in [0.2, 0.25) is 0 Å². The molecule has 2 N–H and O–H groups in total. The normalized spacial score (nSPS) is 18.2. The molecule has 116 valence electrons. The van der Waals surface area contributed by atoms with E-state index in [0.717, 1.165) is 24.3 Å². The summed E-state index contributed by atoms with van der Waals surface area (Å²) in [4.78, 5) is 14.6. The Morgan fingerprint density at radius 2 is 2.05 bits per heavy atom. The van der Waals surface area contributed by atoms with Crippen molar-refractivity contribution >= 4 is 5.91 Å². The molecule has 2 heterocycles. The molecule has 1 fully saturated rings. The molecule has 22 heavy (non-hydrogen) atoms. The van der Waals surface area contributed by atoms with E-state index in [1.807, 2.05) is 39.9 Å². The van der Waals surface area contributed by atoms with Crippen molar-refractivity contribution in [2.45, 2.75) is 32.2 Å². The highest BCUT2D eigenvalue weighted by Gasteiger charge is 2.29. The Bertz CT molecular complexity index is 663. The summed E-state index contributed by atoms with van der Waals surface area (Å²) in [5.41, 5.74) is 8.54. The van der Waals surface area contributed by atoms with Gasteiger partial charge in [-0.1, -0.05) is 32.0 Å². The summed E-state index contributed by atoms with van der Waals surface area (Å²) in [6, 6.07) is 10.0. The van der Waals surface area contributed by atoms with Crippen LogP contribution in [0.25, 0.3) is 5.69 Å². The number of carbonyl (C=O) groups is 1. The lowest BCUT2D eigenvalue weighted by Crippen LogP contribution is -2.32. The van der Waals surface area contributed by atoms with E-state index >= 15 is 0 Å². The molecular weight excluding hydrogens is 276 g/mol. The van der Waals surface area contributed by atoms with E-state index in [1.54, 1.807) is 6.20 Å². The minimum Gasteiger partial charge on any atom is -0.337 e. The SMILES string of the molecule is CC(C)c1c(C(=O)N2CC[C@@H](N)C2)cnn1-c1ccccc1. The number of nitrogens with zero attached hydrogens (tertiary/aromatic N) is 3. The summed E-state index contributed by atoms with van der Waals surface area (Å²) >= 11 is 0. The zero-order valence-corrected chi connectivity index (χ0v) is 13.1. The number of likely N-dealkylation sites (tertiary alicyclic amines) is 1. The molecule has 5 nitrogen and oxygen atoms in total. The van der Waals surface area contributed by atoms with Gasteiger partial charge in [-0.2, -0.15) is 5.10 Å². The molecule has 1 aromatic carbocycles. The van der Waals surface area contributed by atoms with Gasteiger partial charge < -0.3 is 10.6 Å². The molecule has 1 amide bonds. The van der Waals surface area contributed by atoms with Gasteiger partial charge in [0.1, 0.15) is 0 Å². The van der Waals surface area contributed by atoms with Gasteiger partial charge in [0.15, 0.2) is 0 Å². The van der Waals surface area contributed by atoms with Crippen LogP contribution in [-0.2, 0) is 0 Å². The van der Waals surface area contributed by atoms with Crippen LogP contribution in [0.3, 0.4) is 0 Å². The second kappa shape index (κ2) is 5.93. The van der Waals surface area contributed by atoms with Crippen LogP contribution < -0.4 is 5.73 Å². The third kappa shape index (κ3) is 2.64. The van der Waals surface area contributed by atoms with E-state index in [9.17, 15) is 4.79 Å². The van der Waals surface area contributed by atoms with Gasteiger partial charge in [-0.15, -0.1) is 0 Å². The number of benzene rings is 1. The average Bonchev–Trinajstić information content (AvgIpc) is 3.13. The van der Waals surface area contributed by atoms with E-state index in [-0.39, 0.29) is 17.9 Å². The number of nitrogens with two attached hydrogens (primary N) is 1. The summed E-state index contributed by atoms with van der Waals surface area (Å²) in [5.74, 6) is 0.247. The van der Waals surface area contributed by atoms with Gasteiger partial charge in [-0.3, -0.25) is 4.79 Å². The Labute approximate surface area is 130 Å². The molecule has 3 rings (SSSR count). The summed E-state index contributed by atoms with van der Waals surface area (Å²) in [5, 5.41) is 4.46. The second-order valence-electron chi connectivity index (χ2n) is 6.15. The largest absolute Gasteiger partial charge is 0.337 e. The molecule has 2 aromatic rings. The summed E-state index contributed by atoms with van der Waals surface area (Å²) in [6.45, 7) is 5.53. The lowest BCUT2D eigenvalue weighted by atomic mass is 10.0. The van der Waals surface area contributed by atoms with Crippen molar-refractivity contribution in [3.8, 4) is 5.69 Å². The zero-order chi connectivity index (χ0) is 15.7. The van der Waals surface area contributed by atoms with Crippen LogP contribution in [0.15, 0.2) is 36.5 Å². The van der Waals surface area contributed by atoms with Crippen molar-refractivity contribution in [3.05, 3.63) is 47.8 Å². The van der Waals surface area contributed by atoms with Gasteiger partial charge in [-0.05, 0) is 24.5 Å². The fraction of sp³-hybridized carbons (Fsp3) is 0.412. The molecule has 0 saturated carbocycles. The Hall–Kier alpha value is -2.14. The fourth-order valence-corrected chi connectivity index (χ4v) is 3.00. The van der Waals surface area contributed by atoms with Crippen LogP contribution in [-0.4, -0.2) is 39.7 Å². The minimum atomic E-state index is 0.0406. The molecule has 1 atom stereocenters. The molecular formula is C17H22N4O. The highest BCUT2D eigenvalue weighted by atomic mass is 16.2. The van der Waals surface area contributed by atoms with Gasteiger partial charge in [-0.25, -0.2) is 4.68 Å². The van der Waals surface area contributed by atoms with Crippen LogP contribution in [0, 0.1) is 0 Å². The van der Waals surface area contributed by atoms with Crippen LogP contribution in [0.1, 0.15) is 42.2 Å². The number of hydrogen-bond acceptors (Lipinski definition) is 3. The van der Waals surface area contributed by atoms with Crippen molar-refractivity contribution in [1.82, 2.24) is 14.7 Å². The molecule has 0 bridgehead atoms. The first kappa shape index (κ1) is 14.8. The number of rotatable bonds is 3. The molecule has 0 aliphatic carbocycles. The van der Waals surface area contributed by atoms with E-state index in [2.05, 4.69) is 18.9 Å². The summed E-state index contributed by atoms with van der Waals surface area (Å²) in [7, 11) is 0. The maximum Gasteiger partial charge on any atom is 0.257 e. The molecule has 5 heteroatoms. The van der Waals surface area contributed by atoms with Crippen LogP contribution in [0.2, 0.25) is 0 Å². The minimum absolute atomic E-state index is 0.0406. The maximum absolute atomic E-state index is 12.8. The number of amides is 1. The third-order valence-corrected chi connectivity index (χ3v) is 4.10. The maximum atomic E-state index is 12.8. The fourth-order valence-electron chi connectivity index (χ4n) is 3.00. The first-order chi connectivity index (χ1) is 10.6. The average molecular weight is 298 g/mol. The first-order valence-corrected chi connectivity index (χ1v) is 7.76. The monoisotopic (exact) mass is 298 g/mol. The number of para-hydroxylation sites is 1. The first-order valence-electron chi connectivity index (χ1n) is 7.76. The summed E-state index contributed by atoms with van der Waals surface area (Å²) in [6.07, 6.45) is 2.56. The van der Waals surface area contributed by atoms with E-state index in [1.165, 1.54) is 0 Å². The van der Waals surface area contributed by atoms with E-state index in [4.69, 9.17) is 5.73 Å². The van der Waals surface area contributed by atoms with Crippen molar-refractivity contribution in [1.29, 1.82) is 0 Å². The molecule has 1 aromatic heterocycles. The summed E-state index contributed by atoms with van der Waals surface area (Å²) < 4.78 is 1.87. The molecule has 0 unspecified atom stereocenters. The van der Waals surface area contributed by atoms with Crippen LogP contribution in [0.4, 0.5) is 0 Å². The third-order valence-electron chi connectivity index (χ3n) is 4.10. The molecule has 0 spiro atoms. The Balaban J connectivity index is 1.99. The zero-order valence-electron chi connectivity index (χ0n) is 13.1. The van der Waals surface area contributed by atoms with Gasteiger partial charge in [0.05, 0.1) is 23.1 Å². The molecule has 0 radical (unpaired) electrons. The lowest BCUT2D eigenvalue weighted by Gasteiger charge is -2.18. The predicted molar refractivity (Wildman–Crippen MR) is 86.1 cm³/mol. The van der Waals surface area contributed by atoms with Crippen LogP contribution >= 0.6 is 0 Å².